The molecule has 0 rings (SSSR count). The molecule has 0 aromatic heterocycles. The lowest BCUT2D eigenvalue weighted by molar-refractivity contribution is -0.143. The van der Waals surface area contributed by atoms with Gasteiger partial charge in [-0.15, -0.1) is 12.4 Å². The predicted octanol–water partition coefficient (Wildman–Crippen LogP) is 1.63. The molecule has 0 saturated heterocycles. The van der Waals surface area contributed by atoms with Crippen LogP contribution in [0.15, 0.2) is 0 Å². The van der Waals surface area contributed by atoms with Crippen LogP contribution in [0.5, 0.6) is 0 Å². The van der Waals surface area contributed by atoms with Gasteiger partial charge in [-0.3, -0.25) is 9.59 Å². The summed E-state index contributed by atoms with van der Waals surface area (Å²) in [7, 11) is 0. The molecule has 1 amide bonds. The molecule has 0 spiro atoms. The average molecular weight is 295 g/mol. The number of ether oxygens (including phenoxy) is 1. The van der Waals surface area contributed by atoms with Gasteiger partial charge in [0.2, 0.25) is 5.91 Å². The molecule has 3 atom stereocenters. The van der Waals surface area contributed by atoms with Crippen LogP contribution in [0.2, 0.25) is 0 Å². The van der Waals surface area contributed by atoms with E-state index in [2.05, 4.69) is 5.32 Å². The molecular weight excluding hydrogens is 268 g/mol. The number of hydrogen-bond donors (Lipinski definition) is 2. The van der Waals surface area contributed by atoms with E-state index in [4.69, 9.17) is 10.5 Å². The summed E-state index contributed by atoms with van der Waals surface area (Å²) >= 11 is 0. The lowest BCUT2D eigenvalue weighted by Crippen LogP contribution is -2.47. The molecule has 0 aliphatic carbocycles. The zero-order chi connectivity index (χ0) is 14.1. The first-order chi connectivity index (χ1) is 8.42. The fraction of sp³-hybridized carbons (Fsp3) is 0.846. The molecule has 3 unspecified atom stereocenters. The molecule has 114 valence electrons. The largest absolute Gasteiger partial charge is 0.466 e. The van der Waals surface area contributed by atoms with Crippen LogP contribution in [0.4, 0.5) is 0 Å². The van der Waals surface area contributed by atoms with E-state index in [0.29, 0.717) is 19.4 Å². The number of carbonyl (C=O) groups is 2. The summed E-state index contributed by atoms with van der Waals surface area (Å²) in [5, 5.41) is 2.82. The van der Waals surface area contributed by atoms with Gasteiger partial charge in [0.25, 0.3) is 0 Å². The van der Waals surface area contributed by atoms with Crippen molar-refractivity contribution < 1.29 is 14.3 Å². The standard InChI is InChI=1S/C13H26N2O3.ClH/c1-5-9(3)12(14)13(17)15-10(4)7-8-11(16)18-6-2;/h9-10,12H,5-8,14H2,1-4H3,(H,15,17);1H. The van der Waals surface area contributed by atoms with E-state index in [-0.39, 0.29) is 36.2 Å². The SMILES string of the molecule is CCOC(=O)CCC(C)NC(=O)C(N)C(C)CC.Cl. The van der Waals surface area contributed by atoms with E-state index >= 15 is 0 Å². The van der Waals surface area contributed by atoms with Crippen LogP contribution in [-0.2, 0) is 14.3 Å². The first-order valence-electron chi connectivity index (χ1n) is 6.63. The molecule has 3 N–H and O–H groups in total. The molecule has 5 nitrogen and oxygen atoms in total. The summed E-state index contributed by atoms with van der Waals surface area (Å²) in [5.41, 5.74) is 5.82. The van der Waals surface area contributed by atoms with Crippen molar-refractivity contribution in [1.29, 1.82) is 0 Å². The number of rotatable bonds is 8. The van der Waals surface area contributed by atoms with Crippen LogP contribution >= 0.6 is 12.4 Å². The van der Waals surface area contributed by atoms with Gasteiger partial charge >= 0.3 is 5.97 Å². The number of nitrogens with one attached hydrogen (secondary N) is 1. The molecule has 6 heteroatoms. The normalized spacial score (nSPS) is 14.8. The Morgan fingerprint density at radius 3 is 2.32 bits per heavy atom. The third-order valence-electron chi connectivity index (χ3n) is 3.04. The minimum atomic E-state index is -0.486. The Kier molecular flexibility index (Phi) is 11.9. The molecule has 0 aromatic rings. The van der Waals surface area contributed by atoms with E-state index in [1.54, 1.807) is 6.92 Å². The van der Waals surface area contributed by atoms with Crippen molar-refractivity contribution in [2.75, 3.05) is 6.61 Å². The van der Waals surface area contributed by atoms with E-state index < -0.39 is 6.04 Å². The zero-order valence-electron chi connectivity index (χ0n) is 12.3. The second kappa shape index (κ2) is 11.1. The first-order valence-corrected chi connectivity index (χ1v) is 6.63. The van der Waals surface area contributed by atoms with E-state index in [0.717, 1.165) is 6.42 Å². The third-order valence-corrected chi connectivity index (χ3v) is 3.04. The Morgan fingerprint density at radius 1 is 1.26 bits per heavy atom. The number of hydrogen-bond acceptors (Lipinski definition) is 4. The highest BCUT2D eigenvalue weighted by Crippen LogP contribution is 2.06. The third kappa shape index (κ3) is 8.83. The van der Waals surface area contributed by atoms with Gasteiger partial charge in [0.05, 0.1) is 12.6 Å². The molecule has 0 fully saturated rings. The highest BCUT2D eigenvalue weighted by molar-refractivity contribution is 5.85. The van der Waals surface area contributed by atoms with Gasteiger partial charge in [-0.05, 0) is 26.2 Å². The second-order valence-electron chi connectivity index (χ2n) is 4.66. The van der Waals surface area contributed by atoms with Crippen molar-refractivity contribution in [3.8, 4) is 0 Å². The van der Waals surface area contributed by atoms with Crippen molar-refractivity contribution in [3.63, 3.8) is 0 Å². The molecular formula is C13H27ClN2O3. The van der Waals surface area contributed by atoms with Gasteiger partial charge < -0.3 is 15.8 Å². The van der Waals surface area contributed by atoms with Gasteiger partial charge in [0.15, 0.2) is 0 Å². The Balaban J connectivity index is 0. The van der Waals surface area contributed by atoms with E-state index in [1.165, 1.54) is 0 Å². The maximum Gasteiger partial charge on any atom is 0.305 e. The maximum absolute atomic E-state index is 11.8. The highest BCUT2D eigenvalue weighted by atomic mass is 35.5. The van der Waals surface area contributed by atoms with Crippen molar-refractivity contribution in [3.05, 3.63) is 0 Å². The summed E-state index contributed by atoms with van der Waals surface area (Å²) in [6.07, 6.45) is 1.75. The minimum Gasteiger partial charge on any atom is -0.466 e. The van der Waals surface area contributed by atoms with Gasteiger partial charge in [0.1, 0.15) is 0 Å². The number of amides is 1. The van der Waals surface area contributed by atoms with Gasteiger partial charge in [-0.1, -0.05) is 20.3 Å². The Labute approximate surface area is 122 Å². The first kappa shape index (κ1) is 20.5. The van der Waals surface area contributed by atoms with Gasteiger partial charge in [-0.25, -0.2) is 0 Å². The number of esters is 1. The molecule has 0 radical (unpaired) electrons. The van der Waals surface area contributed by atoms with Crippen molar-refractivity contribution in [1.82, 2.24) is 5.32 Å². The monoisotopic (exact) mass is 294 g/mol. The summed E-state index contributed by atoms with van der Waals surface area (Å²) in [5.74, 6) is -0.229. The highest BCUT2D eigenvalue weighted by Gasteiger charge is 2.20. The molecule has 0 heterocycles. The van der Waals surface area contributed by atoms with E-state index in [9.17, 15) is 9.59 Å². The Hall–Kier alpha value is -0.810. The average Bonchev–Trinajstić information content (AvgIpc) is 2.34. The lowest BCUT2D eigenvalue weighted by Gasteiger charge is -2.20. The van der Waals surface area contributed by atoms with Crippen LogP contribution in [0.25, 0.3) is 0 Å². The Morgan fingerprint density at radius 2 is 1.84 bits per heavy atom. The van der Waals surface area contributed by atoms with Crippen LogP contribution in [0, 0.1) is 5.92 Å². The number of carbonyl (C=O) groups excluding carboxylic acids is 2. The summed E-state index contributed by atoms with van der Waals surface area (Å²) in [6.45, 7) is 7.97. The van der Waals surface area contributed by atoms with Crippen molar-refractivity contribution >= 4 is 24.3 Å². The summed E-state index contributed by atoms with van der Waals surface area (Å²) in [4.78, 5) is 22.9. The predicted molar refractivity (Wildman–Crippen MR) is 78.2 cm³/mol. The fourth-order valence-electron chi connectivity index (χ4n) is 1.49. The van der Waals surface area contributed by atoms with Gasteiger partial charge in [-0.2, -0.15) is 0 Å². The molecule has 0 saturated carbocycles. The van der Waals surface area contributed by atoms with Crippen LogP contribution in [0.3, 0.4) is 0 Å². The quantitative estimate of drug-likeness (QED) is 0.667. The lowest BCUT2D eigenvalue weighted by atomic mass is 9.99. The van der Waals surface area contributed by atoms with Gasteiger partial charge in [0, 0.05) is 12.5 Å². The van der Waals surface area contributed by atoms with Crippen LogP contribution < -0.4 is 11.1 Å². The van der Waals surface area contributed by atoms with Crippen LogP contribution in [-0.4, -0.2) is 30.6 Å². The molecule has 0 aromatic carbocycles. The van der Waals surface area contributed by atoms with E-state index in [1.807, 2.05) is 20.8 Å². The summed E-state index contributed by atoms with van der Waals surface area (Å²) < 4.78 is 4.82. The zero-order valence-corrected chi connectivity index (χ0v) is 13.1. The number of nitrogens with two attached hydrogens (primary N) is 1. The fourth-order valence-corrected chi connectivity index (χ4v) is 1.49. The number of halogens is 1. The van der Waals surface area contributed by atoms with Crippen LogP contribution in [0.1, 0.15) is 47.0 Å². The van der Waals surface area contributed by atoms with Crippen molar-refractivity contribution in [2.24, 2.45) is 11.7 Å². The van der Waals surface area contributed by atoms with Crippen molar-refractivity contribution in [2.45, 2.75) is 59.0 Å². The molecule has 19 heavy (non-hydrogen) atoms. The maximum atomic E-state index is 11.8. The molecule has 0 bridgehead atoms. The Bertz CT molecular complexity index is 275. The molecule has 0 aliphatic heterocycles. The molecule has 0 aliphatic rings. The topological polar surface area (TPSA) is 81.4 Å². The smallest absolute Gasteiger partial charge is 0.305 e. The second-order valence-corrected chi connectivity index (χ2v) is 4.66. The summed E-state index contributed by atoms with van der Waals surface area (Å²) in [6, 6.07) is -0.558. The minimum absolute atomic E-state index is 0.